The minimum Gasteiger partial charge on any atom is -0.494 e. The van der Waals surface area contributed by atoms with Gasteiger partial charge in [-0.25, -0.2) is 14.0 Å². The summed E-state index contributed by atoms with van der Waals surface area (Å²) in [5, 5.41) is 23.8. The van der Waals surface area contributed by atoms with Crippen molar-refractivity contribution >= 4 is 64.0 Å². The van der Waals surface area contributed by atoms with Gasteiger partial charge < -0.3 is 44.1 Å². The van der Waals surface area contributed by atoms with Gasteiger partial charge in [0.1, 0.15) is 28.5 Å². The number of ether oxygens (including phenoxy) is 5. The van der Waals surface area contributed by atoms with E-state index in [0.29, 0.717) is 22.7 Å². The Bertz CT molecular complexity index is 2870. The monoisotopic (exact) mass is 1020 g/mol. The third kappa shape index (κ3) is 19.3. The molecule has 6 aromatic rings. The number of anilines is 5. The summed E-state index contributed by atoms with van der Waals surface area (Å²) in [6, 6.07) is 28.6. The summed E-state index contributed by atoms with van der Waals surface area (Å²) in [7, 11) is 2.56. The van der Waals surface area contributed by atoms with Crippen LogP contribution in [0.3, 0.4) is 0 Å². The molecule has 6 rings (SSSR count). The topological polar surface area (TPSA) is 248 Å². The SMILES string of the molecule is CC(C)(C)OC(=O)Nc1ccc(NC(=O)c2cccc(OC(F)(F)F)c2)cc1.CC(C)(C)OC(=O)Nc1ccc(NC(=O)c2ccco2)cc1.COc1cc([N+](=O)[O-])c(OC)cc1NC(=O)c1ccccc1F. The molecule has 0 saturated carbocycles. The number of carbonyl (C=O) groups excluding carboxylic acids is 5. The van der Waals surface area contributed by atoms with Gasteiger partial charge in [0.25, 0.3) is 17.7 Å². The number of nitro groups is 1. The molecule has 19 nitrogen and oxygen atoms in total. The lowest BCUT2D eigenvalue weighted by atomic mass is 10.2. The van der Waals surface area contributed by atoms with Gasteiger partial charge in [-0.2, -0.15) is 0 Å². The average molecular weight is 1020 g/mol. The van der Waals surface area contributed by atoms with Crippen molar-refractivity contribution in [3.63, 3.8) is 0 Å². The van der Waals surface area contributed by atoms with Crippen LogP contribution in [-0.2, 0) is 9.47 Å². The lowest BCUT2D eigenvalue weighted by Gasteiger charge is -2.19. The van der Waals surface area contributed by atoms with Gasteiger partial charge in [-0.1, -0.05) is 18.2 Å². The van der Waals surface area contributed by atoms with Crippen LogP contribution in [0.15, 0.2) is 132 Å². The molecule has 0 fully saturated rings. The number of amides is 5. The number of benzene rings is 5. The number of hydrogen-bond donors (Lipinski definition) is 5. The summed E-state index contributed by atoms with van der Waals surface area (Å²) in [4.78, 5) is 69.8. The van der Waals surface area contributed by atoms with Crippen LogP contribution < -0.4 is 40.8 Å². The maximum Gasteiger partial charge on any atom is 0.573 e. The average Bonchev–Trinajstić information content (AvgIpc) is 3.85. The molecule has 73 heavy (non-hydrogen) atoms. The lowest BCUT2D eigenvalue weighted by molar-refractivity contribution is -0.385. The predicted molar refractivity (Wildman–Crippen MR) is 261 cm³/mol. The van der Waals surface area contributed by atoms with Gasteiger partial charge in [-0.15, -0.1) is 13.2 Å². The summed E-state index contributed by atoms with van der Waals surface area (Å²) >= 11 is 0. The number of halogens is 4. The molecule has 0 aliphatic heterocycles. The number of carbonyl (C=O) groups is 5. The van der Waals surface area contributed by atoms with Crippen molar-refractivity contribution in [2.24, 2.45) is 0 Å². The van der Waals surface area contributed by atoms with Gasteiger partial charge in [-0.05, 0) is 133 Å². The summed E-state index contributed by atoms with van der Waals surface area (Å²) < 4.78 is 79.5. The van der Waals surface area contributed by atoms with E-state index in [-0.39, 0.29) is 45.7 Å². The molecule has 386 valence electrons. The van der Waals surface area contributed by atoms with Crippen molar-refractivity contribution in [3.8, 4) is 17.2 Å². The fraction of sp³-hybridized carbons (Fsp3) is 0.220. The fourth-order valence-corrected chi connectivity index (χ4v) is 5.71. The molecule has 0 saturated heterocycles. The predicted octanol–water partition coefficient (Wildman–Crippen LogP) is 12.1. The molecule has 0 unspecified atom stereocenters. The molecule has 5 N–H and O–H groups in total. The van der Waals surface area contributed by atoms with Crippen LogP contribution in [0.2, 0.25) is 0 Å². The Morgan fingerprint density at radius 1 is 0.575 bits per heavy atom. The minimum atomic E-state index is -4.84. The number of methoxy groups -OCH3 is 2. The molecule has 1 aromatic heterocycles. The molecule has 0 aliphatic carbocycles. The fourth-order valence-electron chi connectivity index (χ4n) is 5.71. The summed E-state index contributed by atoms with van der Waals surface area (Å²) in [5.74, 6) is -2.59. The Balaban J connectivity index is 0.000000239. The first-order valence-corrected chi connectivity index (χ1v) is 21.4. The second kappa shape index (κ2) is 25.1. The van der Waals surface area contributed by atoms with Crippen LogP contribution in [0.1, 0.15) is 72.8 Å². The van der Waals surface area contributed by atoms with E-state index in [4.69, 9.17) is 23.4 Å². The molecule has 23 heteroatoms. The molecule has 5 amide bonds. The normalized spacial score (nSPS) is 10.8. The van der Waals surface area contributed by atoms with E-state index in [1.807, 2.05) is 0 Å². The van der Waals surface area contributed by atoms with Crippen LogP contribution in [-0.4, -0.2) is 66.6 Å². The molecule has 5 aromatic carbocycles. The third-order valence-corrected chi connectivity index (χ3v) is 8.72. The Kier molecular flexibility index (Phi) is 19.4. The molecule has 0 spiro atoms. The van der Waals surface area contributed by atoms with Crippen molar-refractivity contribution in [2.45, 2.75) is 59.1 Å². The van der Waals surface area contributed by atoms with E-state index >= 15 is 0 Å². The molecule has 0 radical (unpaired) electrons. The zero-order valence-electron chi connectivity index (χ0n) is 40.4. The number of rotatable bonds is 12. The highest BCUT2D eigenvalue weighted by atomic mass is 19.4. The van der Waals surface area contributed by atoms with Crippen molar-refractivity contribution in [3.05, 3.63) is 160 Å². The van der Waals surface area contributed by atoms with Gasteiger partial charge in [-0.3, -0.25) is 35.1 Å². The van der Waals surface area contributed by atoms with Gasteiger partial charge in [0, 0.05) is 34.4 Å². The van der Waals surface area contributed by atoms with Crippen molar-refractivity contribution in [1.29, 1.82) is 0 Å². The van der Waals surface area contributed by atoms with E-state index in [1.165, 1.54) is 69.0 Å². The van der Waals surface area contributed by atoms with E-state index in [2.05, 4.69) is 31.3 Å². The third-order valence-electron chi connectivity index (χ3n) is 8.72. The van der Waals surface area contributed by atoms with E-state index < -0.39 is 58.1 Å². The van der Waals surface area contributed by atoms with E-state index in [0.717, 1.165) is 24.3 Å². The van der Waals surface area contributed by atoms with Crippen LogP contribution in [0.5, 0.6) is 17.2 Å². The summed E-state index contributed by atoms with van der Waals surface area (Å²) in [5.41, 5.74) is 0.473. The molecule has 0 atom stereocenters. The van der Waals surface area contributed by atoms with Gasteiger partial charge in [0.2, 0.25) is 0 Å². The molecular weight excluding hydrogens is 969 g/mol. The number of nitro benzene ring substituents is 1. The molecular formula is C50H50F4N6O13. The standard InChI is InChI=1S/C19H19F3N2O4.C16H18N2O4.C15H13FN2O5/c1-18(2,3)28-17(26)24-14-9-7-13(8-10-14)23-16(25)12-5-4-6-15(11-12)27-19(20,21)22;1-16(2,3)22-15(20)18-12-8-6-11(7-9-12)17-14(19)13-5-4-10-21-13;1-22-13-8-12(18(20)21)14(23-2)7-11(13)17-15(19)9-5-3-4-6-10(9)16/h4-11H,1-3H3,(H,23,25)(H,24,26);4-10H,1-3H3,(H,17,19)(H,18,20);3-8H,1-2H3,(H,17,19). The van der Waals surface area contributed by atoms with Crippen LogP contribution >= 0.6 is 0 Å². The Hall–Kier alpha value is -9.15. The first-order valence-electron chi connectivity index (χ1n) is 21.4. The minimum absolute atomic E-state index is 0.00212. The van der Waals surface area contributed by atoms with Crippen molar-refractivity contribution in [1.82, 2.24) is 0 Å². The lowest BCUT2D eigenvalue weighted by Crippen LogP contribution is -2.27. The van der Waals surface area contributed by atoms with Crippen molar-refractivity contribution in [2.75, 3.05) is 40.8 Å². The molecule has 0 bridgehead atoms. The Morgan fingerprint density at radius 2 is 1.08 bits per heavy atom. The summed E-state index contributed by atoms with van der Waals surface area (Å²) in [6.07, 6.45) is -4.56. The highest BCUT2D eigenvalue weighted by molar-refractivity contribution is 6.06. The smallest absolute Gasteiger partial charge is 0.494 e. The second-order valence-corrected chi connectivity index (χ2v) is 16.8. The largest absolute Gasteiger partial charge is 0.573 e. The van der Waals surface area contributed by atoms with Crippen LogP contribution in [0.4, 0.5) is 61.3 Å². The first kappa shape index (κ1) is 56.4. The van der Waals surface area contributed by atoms with Crippen molar-refractivity contribution < 1.29 is 74.6 Å². The van der Waals surface area contributed by atoms with E-state index in [9.17, 15) is 51.6 Å². The van der Waals surface area contributed by atoms with Crippen LogP contribution in [0, 0.1) is 15.9 Å². The number of furan rings is 1. The molecule has 0 aliphatic rings. The highest BCUT2D eigenvalue weighted by Gasteiger charge is 2.31. The van der Waals surface area contributed by atoms with Crippen LogP contribution in [0.25, 0.3) is 0 Å². The quantitative estimate of drug-likeness (QED) is 0.0435. The highest BCUT2D eigenvalue weighted by Crippen LogP contribution is 2.38. The van der Waals surface area contributed by atoms with Gasteiger partial charge >= 0.3 is 24.2 Å². The maximum absolute atomic E-state index is 13.6. The zero-order chi connectivity index (χ0) is 54.1. The van der Waals surface area contributed by atoms with Gasteiger partial charge in [0.05, 0.1) is 42.7 Å². The number of nitrogens with one attached hydrogen (secondary N) is 5. The first-order chi connectivity index (χ1) is 34.2. The number of nitrogens with zero attached hydrogens (tertiary/aromatic N) is 1. The second-order valence-electron chi connectivity index (χ2n) is 16.8. The molecule has 1 heterocycles. The number of alkyl halides is 3. The summed E-state index contributed by atoms with van der Waals surface area (Å²) in [6.45, 7) is 10.6. The Labute approximate surface area is 415 Å². The Morgan fingerprint density at radius 3 is 1.53 bits per heavy atom. The zero-order valence-corrected chi connectivity index (χ0v) is 40.4. The van der Waals surface area contributed by atoms with E-state index in [1.54, 1.807) is 90.1 Å². The maximum atomic E-state index is 13.6. The van der Waals surface area contributed by atoms with Gasteiger partial charge in [0.15, 0.2) is 11.5 Å². The number of hydrogen-bond acceptors (Lipinski definition) is 13.